The Bertz CT molecular complexity index is 1100. The Labute approximate surface area is 196 Å². The number of benzene rings is 2. The molecule has 8 nitrogen and oxygen atoms in total. The molecule has 1 N–H and O–H groups in total. The van der Waals surface area contributed by atoms with Crippen molar-refractivity contribution in [2.75, 3.05) is 16.8 Å². The van der Waals surface area contributed by atoms with E-state index in [0.717, 1.165) is 30.6 Å². The van der Waals surface area contributed by atoms with Gasteiger partial charge in [-0.15, -0.1) is 0 Å². The molecule has 9 heteroatoms. The highest BCUT2D eigenvalue weighted by Gasteiger charge is 2.49. The highest BCUT2D eigenvalue weighted by atomic mass is 19.1. The zero-order valence-corrected chi connectivity index (χ0v) is 18.8. The molecule has 0 bridgehead atoms. The number of carbonyl (C=O) groups excluding carboxylic acids is 4. The molecule has 2 fully saturated rings. The Kier molecular flexibility index (Phi) is 6.90. The highest BCUT2D eigenvalue weighted by Crippen LogP contribution is 2.34. The number of esters is 1. The number of rotatable bonds is 7. The number of hydrogen-bond donors (Lipinski definition) is 1. The minimum atomic E-state index is -0.964. The number of carbonyl (C=O) groups is 4. The Morgan fingerprint density at radius 3 is 2.47 bits per heavy atom. The molecule has 1 saturated carbocycles. The number of anilines is 2. The van der Waals surface area contributed by atoms with E-state index in [0.29, 0.717) is 11.3 Å². The lowest BCUT2D eigenvalue weighted by Crippen LogP contribution is -2.43. The summed E-state index contributed by atoms with van der Waals surface area (Å²) in [6.07, 6.45) is 3.17. The van der Waals surface area contributed by atoms with Gasteiger partial charge in [0, 0.05) is 11.7 Å². The fraction of sp³-hybridized carbons (Fsp3) is 0.360. The van der Waals surface area contributed by atoms with Gasteiger partial charge in [0.1, 0.15) is 11.9 Å². The van der Waals surface area contributed by atoms with E-state index in [1.54, 1.807) is 25.1 Å². The van der Waals surface area contributed by atoms with Gasteiger partial charge in [-0.25, -0.2) is 18.9 Å². The van der Waals surface area contributed by atoms with Gasteiger partial charge in [0.25, 0.3) is 5.91 Å². The second-order valence-corrected chi connectivity index (χ2v) is 8.35. The number of ether oxygens (including phenoxy) is 1. The number of amides is 4. The zero-order chi connectivity index (χ0) is 24.2. The summed E-state index contributed by atoms with van der Waals surface area (Å²) in [7, 11) is 0. The van der Waals surface area contributed by atoms with Crippen molar-refractivity contribution < 1.29 is 28.3 Å². The molecule has 0 spiro atoms. The largest absolute Gasteiger partial charge is 0.462 e. The Morgan fingerprint density at radius 2 is 1.79 bits per heavy atom. The van der Waals surface area contributed by atoms with Gasteiger partial charge >= 0.3 is 12.0 Å². The first kappa shape index (κ1) is 23.4. The highest BCUT2D eigenvalue weighted by molar-refractivity contribution is 6.22. The van der Waals surface area contributed by atoms with Gasteiger partial charge in [-0.2, -0.15) is 0 Å². The number of imide groups is 1. The van der Waals surface area contributed by atoms with Crippen molar-refractivity contribution in [3.8, 4) is 0 Å². The molecule has 1 aliphatic heterocycles. The summed E-state index contributed by atoms with van der Waals surface area (Å²) < 4.78 is 18.4. The molecule has 2 aromatic rings. The van der Waals surface area contributed by atoms with Crippen LogP contribution in [0.3, 0.4) is 0 Å². The van der Waals surface area contributed by atoms with Crippen LogP contribution in [0.1, 0.15) is 49.4 Å². The van der Waals surface area contributed by atoms with Crippen LogP contribution in [-0.4, -0.2) is 47.4 Å². The lowest BCUT2D eigenvalue weighted by molar-refractivity contribution is -0.124. The summed E-state index contributed by atoms with van der Waals surface area (Å²) in [6, 6.07) is 9.86. The van der Waals surface area contributed by atoms with Crippen molar-refractivity contribution in [2.24, 2.45) is 0 Å². The molecular weight excluding hydrogens is 441 g/mol. The van der Waals surface area contributed by atoms with Crippen molar-refractivity contribution in [3.63, 3.8) is 0 Å². The number of nitrogens with zero attached hydrogens (tertiary/aromatic N) is 2. The first-order valence-corrected chi connectivity index (χ1v) is 11.4. The predicted molar refractivity (Wildman–Crippen MR) is 123 cm³/mol. The summed E-state index contributed by atoms with van der Waals surface area (Å²) in [4.78, 5) is 54.0. The zero-order valence-electron chi connectivity index (χ0n) is 18.8. The maximum absolute atomic E-state index is 13.4. The molecule has 1 heterocycles. The van der Waals surface area contributed by atoms with E-state index >= 15 is 0 Å². The van der Waals surface area contributed by atoms with E-state index in [-0.39, 0.29) is 24.8 Å². The van der Waals surface area contributed by atoms with Gasteiger partial charge in [0.05, 0.1) is 24.3 Å². The number of halogens is 1. The normalized spacial score (nSPS) is 18.5. The van der Waals surface area contributed by atoms with Gasteiger partial charge in [-0.05, 0) is 62.2 Å². The van der Waals surface area contributed by atoms with Crippen LogP contribution >= 0.6 is 0 Å². The fourth-order valence-electron chi connectivity index (χ4n) is 4.54. The lowest BCUT2D eigenvalue weighted by Gasteiger charge is -2.27. The van der Waals surface area contributed by atoms with Crippen LogP contribution < -0.4 is 10.2 Å². The molecule has 1 unspecified atom stereocenters. The monoisotopic (exact) mass is 467 g/mol. The van der Waals surface area contributed by atoms with Crippen LogP contribution in [0.25, 0.3) is 0 Å². The van der Waals surface area contributed by atoms with Gasteiger partial charge in [-0.3, -0.25) is 9.59 Å². The molecule has 0 aromatic heterocycles. The molecule has 1 saturated heterocycles. The van der Waals surface area contributed by atoms with E-state index in [2.05, 4.69) is 5.32 Å². The average Bonchev–Trinajstić information content (AvgIpc) is 3.42. The lowest BCUT2D eigenvalue weighted by atomic mass is 10.1. The first-order valence-electron chi connectivity index (χ1n) is 11.4. The van der Waals surface area contributed by atoms with E-state index in [9.17, 15) is 23.6 Å². The van der Waals surface area contributed by atoms with Crippen molar-refractivity contribution in [2.45, 2.75) is 51.1 Å². The van der Waals surface area contributed by atoms with Crippen molar-refractivity contribution >= 4 is 35.2 Å². The quantitative estimate of drug-likeness (QED) is 0.488. The molecule has 2 aromatic carbocycles. The molecule has 178 valence electrons. The molecule has 1 aliphatic carbocycles. The van der Waals surface area contributed by atoms with Crippen molar-refractivity contribution in [1.29, 1.82) is 0 Å². The van der Waals surface area contributed by atoms with E-state index in [4.69, 9.17) is 4.74 Å². The smallest absolute Gasteiger partial charge is 0.338 e. The van der Waals surface area contributed by atoms with Gasteiger partial charge in [-0.1, -0.05) is 18.9 Å². The predicted octanol–water partition coefficient (Wildman–Crippen LogP) is 4.11. The third-order valence-electron chi connectivity index (χ3n) is 6.09. The molecule has 1 atom stereocenters. The third kappa shape index (κ3) is 4.78. The van der Waals surface area contributed by atoms with Crippen LogP contribution in [0.2, 0.25) is 0 Å². The standard InChI is InChI=1S/C25H26FN3O5/c1-2-34-24(32)16-6-5-7-18(14-16)27-22(30)15-21-23(31)29(20-12-10-17(26)11-13-20)25(33)28(21)19-8-3-4-9-19/h5-7,10-14,19,21H,2-4,8-9,15H2,1H3,(H,27,30). The average molecular weight is 467 g/mol. The van der Waals surface area contributed by atoms with Crippen molar-refractivity contribution in [3.05, 3.63) is 59.9 Å². The first-order chi connectivity index (χ1) is 16.4. The second kappa shape index (κ2) is 10.0. The van der Waals surface area contributed by atoms with E-state index < -0.39 is 35.7 Å². The molecule has 2 aliphatic rings. The summed E-state index contributed by atoms with van der Waals surface area (Å²) >= 11 is 0. The summed E-state index contributed by atoms with van der Waals surface area (Å²) in [5.74, 6) is -1.95. The number of nitrogens with one attached hydrogen (secondary N) is 1. The molecular formula is C25H26FN3O5. The molecule has 0 radical (unpaired) electrons. The Morgan fingerprint density at radius 1 is 1.09 bits per heavy atom. The Balaban J connectivity index is 1.54. The van der Waals surface area contributed by atoms with Gasteiger partial charge in [0.2, 0.25) is 5.91 Å². The maximum atomic E-state index is 13.4. The van der Waals surface area contributed by atoms with Crippen LogP contribution in [0, 0.1) is 5.82 Å². The van der Waals surface area contributed by atoms with Crippen LogP contribution in [-0.2, 0) is 14.3 Å². The van der Waals surface area contributed by atoms with Crippen LogP contribution in [0.4, 0.5) is 20.6 Å². The Hall–Kier alpha value is -3.75. The van der Waals surface area contributed by atoms with Gasteiger partial charge in [0.15, 0.2) is 0 Å². The second-order valence-electron chi connectivity index (χ2n) is 8.35. The van der Waals surface area contributed by atoms with Crippen LogP contribution in [0.15, 0.2) is 48.5 Å². The van der Waals surface area contributed by atoms with Crippen molar-refractivity contribution in [1.82, 2.24) is 4.90 Å². The fourth-order valence-corrected chi connectivity index (χ4v) is 4.54. The maximum Gasteiger partial charge on any atom is 0.338 e. The van der Waals surface area contributed by atoms with E-state index in [1.807, 2.05) is 0 Å². The topological polar surface area (TPSA) is 96.0 Å². The minimum Gasteiger partial charge on any atom is -0.462 e. The van der Waals surface area contributed by atoms with Gasteiger partial charge < -0.3 is 15.0 Å². The SMILES string of the molecule is CCOC(=O)c1cccc(NC(=O)CC2C(=O)N(c3ccc(F)cc3)C(=O)N2C2CCCC2)c1. The molecule has 4 amide bonds. The minimum absolute atomic E-state index is 0.133. The summed E-state index contributed by atoms with van der Waals surface area (Å²) in [5.41, 5.74) is 0.946. The summed E-state index contributed by atoms with van der Waals surface area (Å²) in [6.45, 7) is 1.93. The van der Waals surface area contributed by atoms with Crippen LogP contribution in [0.5, 0.6) is 0 Å². The molecule has 4 rings (SSSR count). The number of hydrogen-bond acceptors (Lipinski definition) is 5. The summed E-state index contributed by atoms with van der Waals surface area (Å²) in [5, 5.41) is 2.71. The molecule has 34 heavy (non-hydrogen) atoms. The third-order valence-corrected chi connectivity index (χ3v) is 6.09. The van der Waals surface area contributed by atoms with E-state index in [1.165, 1.54) is 35.2 Å². The number of urea groups is 1.